The summed E-state index contributed by atoms with van der Waals surface area (Å²) in [5.41, 5.74) is 5.02. The van der Waals surface area contributed by atoms with Crippen LogP contribution in [0.5, 0.6) is 0 Å². The fourth-order valence-electron chi connectivity index (χ4n) is 3.52. The zero-order valence-electron chi connectivity index (χ0n) is 16.9. The summed E-state index contributed by atoms with van der Waals surface area (Å²) in [6.45, 7) is 13.6. The smallest absolute Gasteiger partial charge is 0.147 e. The second-order valence-corrected chi connectivity index (χ2v) is 14.2. The Bertz CT molecular complexity index is 1150. The summed E-state index contributed by atoms with van der Waals surface area (Å²) in [4.78, 5) is 9.58. The van der Waals surface area contributed by atoms with Crippen molar-refractivity contribution in [1.82, 2.24) is 9.97 Å². The lowest BCUT2D eigenvalue weighted by molar-refractivity contribution is 0.589. The van der Waals surface area contributed by atoms with Crippen molar-refractivity contribution in [2.75, 3.05) is 0 Å². The SMILES string of the molecule is CC(C)(C)c1ccnc(-c2cnc([Si](C)(C)C)c3c2oc2ccccc23)c1. The van der Waals surface area contributed by atoms with Gasteiger partial charge in [-0.15, -0.1) is 0 Å². The Morgan fingerprint density at radius 2 is 1.70 bits per heavy atom. The van der Waals surface area contributed by atoms with Crippen LogP contribution < -0.4 is 5.32 Å². The highest BCUT2D eigenvalue weighted by atomic mass is 28.3. The molecule has 0 amide bonds. The molecular weight excluding hydrogens is 348 g/mol. The number of hydrogen-bond acceptors (Lipinski definition) is 3. The highest BCUT2D eigenvalue weighted by Gasteiger charge is 2.26. The van der Waals surface area contributed by atoms with Crippen LogP contribution >= 0.6 is 0 Å². The quantitative estimate of drug-likeness (QED) is 0.411. The molecule has 0 aliphatic carbocycles. The molecule has 4 heteroatoms. The van der Waals surface area contributed by atoms with Crippen molar-refractivity contribution in [3.05, 3.63) is 54.4 Å². The molecular formula is C23H26N2OSi. The van der Waals surface area contributed by atoms with Crippen molar-refractivity contribution >= 4 is 35.3 Å². The van der Waals surface area contributed by atoms with Crippen molar-refractivity contribution in [2.24, 2.45) is 0 Å². The number of nitrogens with zero attached hydrogens (tertiary/aromatic N) is 2. The number of benzene rings is 1. The van der Waals surface area contributed by atoms with E-state index in [9.17, 15) is 0 Å². The molecule has 27 heavy (non-hydrogen) atoms. The average Bonchev–Trinajstić information content (AvgIpc) is 2.99. The van der Waals surface area contributed by atoms with E-state index in [2.05, 4.69) is 69.7 Å². The van der Waals surface area contributed by atoms with Gasteiger partial charge < -0.3 is 4.42 Å². The second-order valence-electron chi connectivity index (χ2n) is 9.25. The minimum absolute atomic E-state index is 0.0658. The molecule has 4 rings (SSSR count). The number of furan rings is 1. The lowest BCUT2D eigenvalue weighted by atomic mass is 9.87. The first kappa shape index (κ1) is 17.9. The molecule has 0 saturated heterocycles. The van der Waals surface area contributed by atoms with Gasteiger partial charge in [-0.3, -0.25) is 9.97 Å². The number of fused-ring (bicyclic) bond motifs is 3. The maximum atomic E-state index is 6.34. The molecule has 3 aromatic heterocycles. The Balaban J connectivity index is 2.07. The zero-order valence-corrected chi connectivity index (χ0v) is 17.9. The molecule has 0 N–H and O–H groups in total. The van der Waals surface area contributed by atoms with Crippen LogP contribution in [0, 0.1) is 0 Å². The Hall–Kier alpha value is -2.46. The standard InChI is InChI=1S/C23H26N2OSi/c1-23(2,3)15-11-12-24-18(13-15)17-14-25-22(27(4,5)6)20-16-9-7-8-10-19(16)26-21(17)20/h7-14H,1-6H3. The summed E-state index contributed by atoms with van der Waals surface area (Å²) >= 11 is 0. The summed E-state index contributed by atoms with van der Waals surface area (Å²) in [6, 6.07) is 12.5. The Morgan fingerprint density at radius 3 is 2.41 bits per heavy atom. The van der Waals surface area contributed by atoms with Gasteiger partial charge in [-0.25, -0.2) is 0 Å². The Labute approximate surface area is 161 Å². The molecule has 0 fully saturated rings. The third kappa shape index (κ3) is 3.08. The van der Waals surface area contributed by atoms with Gasteiger partial charge in [0.05, 0.1) is 11.3 Å². The van der Waals surface area contributed by atoms with Crippen LogP contribution in [0.4, 0.5) is 0 Å². The van der Waals surface area contributed by atoms with Crippen LogP contribution in [0.25, 0.3) is 33.2 Å². The number of aromatic nitrogens is 2. The lowest BCUT2D eigenvalue weighted by Crippen LogP contribution is -2.40. The highest BCUT2D eigenvalue weighted by Crippen LogP contribution is 2.35. The number of pyridine rings is 2. The van der Waals surface area contributed by atoms with E-state index in [-0.39, 0.29) is 5.41 Å². The second kappa shape index (κ2) is 6.03. The van der Waals surface area contributed by atoms with Crippen LogP contribution in [-0.2, 0) is 5.41 Å². The first-order chi connectivity index (χ1) is 12.7. The average molecular weight is 375 g/mol. The molecule has 0 atom stereocenters. The minimum Gasteiger partial charge on any atom is -0.455 e. The minimum atomic E-state index is -1.63. The molecule has 138 valence electrons. The third-order valence-electron chi connectivity index (χ3n) is 5.01. The normalized spacial score (nSPS) is 12.8. The topological polar surface area (TPSA) is 38.9 Å². The van der Waals surface area contributed by atoms with Gasteiger partial charge in [-0.05, 0) is 29.2 Å². The summed E-state index contributed by atoms with van der Waals surface area (Å²) in [5.74, 6) is 0. The predicted octanol–water partition coefficient (Wildman–Crippen LogP) is 5.89. The third-order valence-corrected chi connectivity index (χ3v) is 6.81. The van der Waals surface area contributed by atoms with Crippen molar-refractivity contribution in [3.8, 4) is 11.3 Å². The Kier molecular flexibility index (Phi) is 4.00. The molecule has 3 heterocycles. The molecule has 0 bridgehead atoms. The van der Waals surface area contributed by atoms with Crippen LogP contribution in [0.2, 0.25) is 19.6 Å². The van der Waals surface area contributed by atoms with Gasteiger partial charge in [0, 0.05) is 28.5 Å². The monoisotopic (exact) mass is 374 g/mol. The molecule has 0 spiro atoms. The fraction of sp³-hybridized carbons (Fsp3) is 0.304. The summed E-state index contributed by atoms with van der Waals surface area (Å²) in [5, 5.41) is 3.50. The largest absolute Gasteiger partial charge is 0.455 e. The summed E-state index contributed by atoms with van der Waals surface area (Å²) < 4.78 is 6.34. The number of para-hydroxylation sites is 1. The lowest BCUT2D eigenvalue weighted by Gasteiger charge is -2.20. The first-order valence-corrected chi connectivity index (χ1v) is 12.9. The van der Waals surface area contributed by atoms with Gasteiger partial charge in [-0.2, -0.15) is 0 Å². The highest BCUT2D eigenvalue weighted by molar-refractivity contribution is 6.90. The summed E-state index contributed by atoms with van der Waals surface area (Å²) in [6.07, 6.45) is 3.84. The molecule has 0 saturated carbocycles. The maximum Gasteiger partial charge on any atom is 0.147 e. The van der Waals surface area contributed by atoms with Crippen molar-refractivity contribution in [3.63, 3.8) is 0 Å². The van der Waals surface area contributed by atoms with E-state index < -0.39 is 8.07 Å². The maximum absolute atomic E-state index is 6.34. The van der Waals surface area contributed by atoms with Crippen molar-refractivity contribution in [2.45, 2.75) is 45.8 Å². The zero-order chi connectivity index (χ0) is 19.4. The number of rotatable bonds is 2. The molecule has 3 nitrogen and oxygen atoms in total. The van der Waals surface area contributed by atoms with E-state index in [1.54, 1.807) is 0 Å². The van der Waals surface area contributed by atoms with E-state index in [1.165, 1.54) is 10.9 Å². The van der Waals surface area contributed by atoms with Gasteiger partial charge in [-0.1, -0.05) is 58.6 Å². The Morgan fingerprint density at radius 1 is 0.963 bits per heavy atom. The van der Waals surface area contributed by atoms with E-state index >= 15 is 0 Å². The molecule has 1 aromatic carbocycles. The van der Waals surface area contributed by atoms with Gasteiger partial charge in [0.1, 0.15) is 19.2 Å². The van der Waals surface area contributed by atoms with Gasteiger partial charge in [0.25, 0.3) is 0 Å². The summed E-state index contributed by atoms with van der Waals surface area (Å²) in [7, 11) is -1.63. The molecule has 0 aliphatic heterocycles. The van der Waals surface area contributed by atoms with Crippen LogP contribution in [0.15, 0.2) is 53.2 Å². The van der Waals surface area contributed by atoms with Gasteiger partial charge in [0.15, 0.2) is 0 Å². The molecule has 0 unspecified atom stereocenters. The van der Waals surface area contributed by atoms with Crippen molar-refractivity contribution in [1.29, 1.82) is 0 Å². The number of hydrogen-bond donors (Lipinski definition) is 0. The van der Waals surface area contributed by atoms with Gasteiger partial charge >= 0.3 is 0 Å². The molecule has 0 aliphatic rings. The van der Waals surface area contributed by atoms with Crippen molar-refractivity contribution < 1.29 is 4.42 Å². The predicted molar refractivity (Wildman–Crippen MR) is 116 cm³/mol. The van der Waals surface area contributed by atoms with E-state index in [4.69, 9.17) is 9.40 Å². The molecule has 4 aromatic rings. The van der Waals surface area contributed by atoms with Crippen LogP contribution in [0.3, 0.4) is 0 Å². The molecule has 0 radical (unpaired) electrons. The van der Waals surface area contributed by atoms with E-state index in [0.29, 0.717) is 0 Å². The van der Waals surface area contributed by atoms with E-state index in [0.717, 1.165) is 33.2 Å². The fourth-order valence-corrected chi connectivity index (χ4v) is 4.97. The first-order valence-electron chi connectivity index (χ1n) is 9.44. The van der Waals surface area contributed by atoms with Crippen LogP contribution in [0.1, 0.15) is 26.3 Å². The van der Waals surface area contributed by atoms with Gasteiger partial charge in [0.2, 0.25) is 0 Å². The van der Waals surface area contributed by atoms with Crippen LogP contribution in [-0.4, -0.2) is 18.0 Å². The van der Waals surface area contributed by atoms with E-state index in [1.807, 2.05) is 24.5 Å².